The van der Waals surface area contributed by atoms with Crippen LogP contribution in [0.3, 0.4) is 0 Å². The molecule has 1 aromatic carbocycles. The van der Waals surface area contributed by atoms with E-state index in [2.05, 4.69) is 10.3 Å². The van der Waals surface area contributed by atoms with Crippen molar-refractivity contribution < 1.29 is 14.3 Å². The molecule has 2 aromatic rings. The molecule has 1 aromatic heterocycles. The van der Waals surface area contributed by atoms with E-state index in [1.54, 1.807) is 18.3 Å². The van der Waals surface area contributed by atoms with Crippen LogP contribution in [-0.4, -0.2) is 24.6 Å². The lowest BCUT2D eigenvalue weighted by Gasteiger charge is -2.12. The molecule has 1 heterocycles. The molecular formula is C14H15ClN2O3S. The average molecular weight is 327 g/mol. The Morgan fingerprint density at radius 3 is 2.81 bits per heavy atom. The molecule has 0 fully saturated rings. The molecule has 0 saturated heterocycles. The number of carbonyl (C=O) groups is 1. The number of thiazole rings is 1. The summed E-state index contributed by atoms with van der Waals surface area (Å²) in [7, 11) is 1.50. The number of aromatic nitrogens is 1. The van der Waals surface area contributed by atoms with Gasteiger partial charge in [0.05, 0.1) is 18.7 Å². The molecule has 0 unspecified atom stereocenters. The Kier molecular flexibility index (Phi) is 5.03. The largest absolute Gasteiger partial charge is 0.493 e. The number of aryl methyl sites for hydroxylation is 1. The first kappa shape index (κ1) is 15.6. The van der Waals surface area contributed by atoms with Crippen molar-refractivity contribution in [2.24, 2.45) is 0 Å². The second-order valence-corrected chi connectivity index (χ2v) is 5.79. The maximum absolute atomic E-state index is 12.2. The van der Waals surface area contributed by atoms with Gasteiger partial charge in [-0.2, -0.15) is 0 Å². The lowest BCUT2D eigenvalue weighted by molar-refractivity contribution is 0.102. The van der Waals surface area contributed by atoms with Crippen LogP contribution in [0.5, 0.6) is 11.5 Å². The second-order valence-electron chi connectivity index (χ2n) is 4.15. The predicted octanol–water partition coefficient (Wildman–Crippen LogP) is 3.76. The van der Waals surface area contributed by atoms with Crippen molar-refractivity contribution >= 4 is 34.0 Å². The lowest BCUT2D eigenvalue weighted by Crippen LogP contribution is -2.12. The van der Waals surface area contributed by atoms with Gasteiger partial charge >= 0.3 is 0 Å². The molecule has 0 bridgehead atoms. The summed E-state index contributed by atoms with van der Waals surface area (Å²) in [5, 5.41) is 3.60. The first-order valence-electron chi connectivity index (χ1n) is 6.29. The van der Waals surface area contributed by atoms with Gasteiger partial charge in [-0.1, -0.05) is 11.6 Å². The minimum atomic E-state index is -0.299. The number of hydrogen-bond acceptors (Lipinski definition) is 5. The zero-order valence-corrected chi connectivity index (χ0v) is 13.5. The average Bonchev–Trinajstić information content (AvgIpc) is 2.86. The minimum absolute atomic E-state index is 0.299. The highest BCUT2D eigenvalue weighted by Crippen LogP contribution is 2.36. The normalized spacial score (nSPS) is 10.3. The number of carbonyl (C=O) groups excluding carboxylic acids is 1. The molecule has 0 atom stereocenters. The Bertz CT molecular complexity index is 658. The molecule has 1 N–H and O–H groups in total. The monoisotopic (exact) mass is 326 g/mol. The molecular weight excluding hydrogens is 312 g/mol. The first-order chi connectivity index (χ1) is 10.0. The number of amides is 1. The van der Waals surface area contributed by atoms with Crippen LogP contribution in [0, 0.1) is 6.92 Å². The van der Waals surface area contributed by atoms with Gasteiger partial charge < -0.3 is 9.47 Å². The molecule has 0 aliphatic rings. The van der Waals surface area contributed by atoms with Crippen LogP contribution in [0.2, 0.25) is 5.02 Å². The van der Waals surface area contributed by atoms with Crippen LogP contribution >= 0.6 is 22.9 Å². The van der Waals surface area contributed by atoms with E-state index in [4.69, 9.17) is 21.1 Å². The number of rotatable bonds is 5. The van der Waals surface area contributed by atoms with Gasteiger partial charge in [0.15, 0.2) is 16.6 Å². The third-order valence-electron chi connectivity index (χ3n) is 2.62. The van der Waals surface area contributed by atoms with Crippen LogP contribution in [-0.2, 0) is 0 Å². The fraction of sp³-hybridized carbons (Fsp3) is 0.286. The Morgan fingerprint density at radius 2 is 2.24 bits per heavy atom. The maximum Gasteiger partial charge on any atom is 0.257 e. The summed E-state index contributed by atoms with van der Waals surface area (Å²) in [5.74, 6) is 0.556. The number of methoxy groups -OCH3 is 1. The van der Waals surface area contributed by atoms with Crippen molar-refractivity contribution in [3.8, 4) is 11.5 Å². The maximum atomic E-state index is 12.2. The Balaban J connectivity index is 2.27. The van der Waals surface area contributed by atoms with E-state index in [0.29, 0.717) is 33.8 Å². The predicted molar refractivity (Wildman–Crippen MR) is 84.0 cm³/mol. The number of benzene rings is 1. The van der Waals surface area contributed by atoms with Crippen molar-refractivity contribution in [3.63, 3.8) is 0 Å². The molecule has 0 radical (unpaired) electrons. The summed E-state index contributed by atoms with van der Waals surface area (Å²) in [4.78, 5) is 17.3. The summed E-state index contributed by atoms with van der Waals surface area (Å²) in [5.41, 5.74) is 0.383. The summed E-state index contributed by atoms with van der Waals surface area (Å²) in [6, 6.07) is 3.14. The van der Waals surface area contributed by atoms with Crippen molar-refractivity contribution in [1.29, 1.82) is 0 Å². The quantitative estimate of drug-likeness (QED) is 0.908. The molecule has 7 heteroatoms. The third-order valence-corrected chi connectivity index (χ3v) is 3.73. The standard InChI is InChI=1S/C14H15ClN2O3S/c1-4-20-12-10(15)5-9(6-11(12)19-3)13(18)17-14-16-7-8(2)21-14/h5-7H,4H2,1-3H3,(H,16,17,18). The highest BCUT2D eigenvalue weighted by atomic mass is 35.5. The first-order valence-corrected chi connectivity index (χ1v) is 7.48. The van der Waals surface area contributed by atoms with Crippen LogP contribution in [0.25, 0.3) is 0 Å². The van der Waals surface area contributed by atoms with Gasteiger partial charge in [0.2, 0.25) is 0 Å². The molecule has 112 valence electrons. The van der Waals surface area contributed by atoms with Gasteiger partial charge in [-0.3, -0.25) is 10.1 Å². The molecule has 1 amide bonds. The molecule has 0 aliphatic carbocycles. The SMILES string of the molecule is CCOc1c(Cl)cc(C(=O)Nc2ncc(C)s2)cc1OC. The van der Waals surface area contributed by atoms with Gasteiger partial charge in [-0.05, 0) is 26.0 Å². The topological polar surface area (TPSA) is 60.5 Å². The van der Waals surface area contributed by atoms with Crippen LogP contribution < -0.4 is 14.8 Å². The number of nitrogens with one attached hydrogen (secondary N) is 1. The van der Waals surface area contributed by atoms with Crippen molar-refractivity contribution in [3.05, 3.63) is 33.8 Å². The fourth-order valence-electron chi connectivity index (χ4n) is 1.72. The van der Waals surface area contributed by atoms with E-state index in [9.17, 15) is 4.79 Å². The van der Waals surface area contributed by atoms with Crippen LogP contribution in [0.15, 0.2) is 18.3 Å². The van der Waals surface area contributed by atoms with Crippen molar-refractivity contribution in [2.45, 2.75) is 13.8 Å². The van der Waals surface area contributed by atoms with Crippen LogP contribution in [0.1, 0.15) is 22.2 Å². The lowest BCUT2D eigenvalue weighted by atomic mass is 10.2. The van der Waals surface area contributed by atoms with Gasteiger partial charge in [0, 0.05) is 16.6 Å². The molecule has 0 aliphatic heterocycles. The molecule has 5 nitrogen and oxygen atoms in total. The van der Waals surface area contributed by atoms with Crippen molar-refractivity contribution in [1.82, 2.24) is 4.98 Å². The van der Waals surface area contributed by atoms with Gasteiger partial charge in [-0.25, -0.2) is 4.98 Å². The Hall–Kier alpha value is -1.79. The number of halogens is 1. The molecule has 21 heavy (non-hydrogen) atoms. The zero-order chi connectivity index (χ0) is 15.4. The zero-order valence-electron chi connectivity index (χ0n) is 11.9. The highest BCUT2D eigenvalue weighted by molar-refractivity contribution is 7.15. The fourth-order valence-corrected chi connectivity index (χ4v) is 2.64. The summed E-state index contributed by atoms with van der Waals surface area (Å²) < 4.78 is 10.6. The van der Waals surface area contributed by atoms with Gasteiger partial charge in [-0.15, -0.1) is 11.3 Å². The smallest absolute Gasteiger partial charge is 0.257 e. The van der Waals surface area contributed by atoms with Gasteiger partial charge in [0.1, 0.15) is 0 Å². The van der Waals surface area contributed by atoms with E-state index < -0.39 is 0 Å². The van der Waals surface area contributed by atoms with E-state index >= 15 is 0 Å². The van der Waals surface area contributed by atoms with E-state index in [1.807, 2.05) is 13.8 Å². The number of ether oxygens (including phenoxy) is 2. The molecule has 0 spiro atoms. The van der Waals surface area contributed by atoms with Gasteiger partial charge in [0.25, 0.3) is 5.91 Å². The molecule has 0 saturated carbocycles. The number of anilines is 1. The number of nitrogens with zero attached hydrogens (tertiary/aromatic N) is 1. The van der Waals surface area contributed by atoms with E-state index in [-0.39, 0.29) is 5.91 Å². The van der Waals surface area contributed by atoms with E-state index in [1.165, 1.54) is 18.4 Å². The molecule has 2 rings (SSSR count). The Labute approximate surface area is 131 Å². The highest BCUT2D eigenvalue weighted by Gasteiger charge is 2.16. The summed E-state index contributed by atoms with van der Waals surface area (Å²) in [6.07, 6.45) is 1.70. The summed E-state index contributed by atoms with van der Waals surface area (Å²) in [6.45, 7) is 4.23. The van der Waals surface area contributed by atoms with Crippen LogP contribution in [0.4, 0.5) is 5.13 Å². The third kappa shape index (κ3) is 3.65. The number of hydrogen-bond donors (Lipinski definition) is 1. The summed E-state index contributed by atoms with van der Waals surface area (Å²) >= 11 is 7.55. The van der Waals surface area contributed by atoms with Crippen molar-refractivity contribution in [2.75, 3.05) is 19.0 Å². The second kappa shape index (κ2) is 6.78. The minimum Gasteiger partial charge on any atom is -0.493 e. The Morgan fingerprint density at radius 1 is 1.48 bits per heavy atom. The van der Waals surface area contributed by atoms with E-state index in [0.717, 1.165) is 4.88 Å².